The summed E-state index contributed by atoms with van der Waals surface area (Å²) in [4.78, 5) is 14.6. The Labute approximate surface area is 118 Å². The molecule has 0 amide bonds. The Bertz CT molecular complexity index is 411. The minimum absolute atomic E-state index is 0.185. The Hall–Kier alpha value is -1.14. The van der Waals surface area contributed by atoms with Gasteiger partial charge in [-0.2, -0.15) is 15.0 Å². The Kier molecular flexibility index (Phi) is 5.15. The Balaban J connectivity index is 2.00. The summed E-state index contributed by atoms with van der Waals surface area (Å²) in [5.74, 6) is 1.04. The van der Waals surface area contributed by atoms with Gasteiger partial charge in [0.15, 0.2) is 0 Å². The van der Waals surface area contributed by atoms with E-state index >= 15 is 0 Å². The SMILES string of the molecule is CCCC(O)CNc1nc(Cl)nc(N2CCCC2)n1. The van der Waals surface area contributed by atoms with Crippen LogP contribution in [0.4, 0.5) is 11.9 Å². The summed E-state index contributed by atoms with van der Waals surface area (Å²) in [6.07, 6.45) is 3.61. The van der Waals surface area contributed by atoms with Crippen LogP contribution in [-0.4, -0.2) is 45.8 Å². The average molecular weight is 286 g/mol. The van der Waals surface area contributed by atoms with Gasteiger partial charge in [-0.1, -0.05) is 13.3 Å². The minimum Gasteiger partial charge on any atom is -0.391 e. The highest BCUT2D eigenvalue weighted by Gasteiger charge is 2.17. The van der Waals surface area contributed by atoms with Crippen molar-refractivity contribution in [3.05, 3.63) is 5.28 Å². The van der Waals surface area contributed by atoms with Crippen LogP contribution in [0.25, 0.3) is 0 Å². The molecule has 7 heteroatoms. The van der Waals surface area contributed by atoms with Crippen LogP contribution in [0.1, 0.15) is 32.6 Å². The molecule has 2 N–H and O–H groups in total. The van der Waals surface area contributed by atoms with Crippen molar-refractivity contribution in [2.24, 2.45) is 0 Å². The second-order valence-electron chi connectivity index (χ2n) is 4.75. The van der Waals surface area contributed by atoms with Crippen molar-refractivity contribution in [2.75, 3.05) is 29.9 Å². The zero-order valence-electron chi connectivity index (χ0n) is 11.1. The number of aromatic nitrogens is 3. The molecule has 6 nitrogen and oxygen atoms in total. The molecule has 19 heavy (non-hydrogen) atoms. The van der Waals surface area contributed by atoms with Gasteiger partial charge in [0.25, 0.3) is 0 Å². The lowest BCUT2D eigenvalue weighted by Crippen LogP contribution is -2.23. The average Bonchev–Trinajstić information content (AvgIpc) is 2.90. The molecule has 2 rings (SSSR count). The predicted octanol–water partition coefficient (Wildman–Crippen LogP) is 1.70. The number of hydrogen-bond donors (Lipinski definition) is 2. The van der Waals surface area contributed by atoms with Gasteiger partial charge in [-0.25, -0.2) is 0 Å². The molecule has 2 heterocycles. The van der Waals surface area contributed by atoms with Gasteiger partial charge in [-0.05, 0) is 30.9 Å². The number of aliphatic hydroxyl groups excluding tert-OH is 1. The first kappa shape index (κ1) is 14.3. The number of nitrogens with zero attached hydrogens (tertiary/aromatic N) is 4. The Morgan fingerprint density at radius 2 is 2.05 bits per heavy atom. The van der Waals surface area contributed by atoms with Crippen LogP contribution < -0.4 is 10.2 Å². The van der Waals surface area contributed by atoms with Crippen molar-refractivity contribution in [2.45, 2.75) is 38.7 Å². The number of rotatable bonds is 6. The lowest BCUT2D eigenvalue weighted by atomic mass is 10.2. The molecular weight excluding hydrogens is 266 g/mol. The van der Waals surface area contributed by atoms with Crippen molar-refractivity contribution >= 4 is 23.5 Å². The molecule has 1 aromatic rings. The second-order valence-corrected chi connectivity index (χ2v) is 5.08. The molecule has 0 saturated carbocycles. The number of anilines is 2. The molecule has 0 spiro atoms. The maximum absolute atomic E-state index is 9.68. The summed E-state index contributed by atoms with van der Waals surface area (Å²) >= 11 is 5.91. The van der Waals surface area contributed by atoms with E-state index in [2.05, 4.69) is 25.2 Å². The van der Waals surface area contributed by atoms with E-state index in [0.717, 1.165) is 38.8 Å². The minimum atomic E-state index is -0.393. The lowest BCUT2D eigenvalue weighted by Gasteiger charge is -2.16. The standard InChI is InChI=1S/C12H20ClN5O/c1-2-5-9(19)8-14-11-15-10(13)16-12(17-11)18-6-3-4-7-18/h9,19H,2-8H2,1H3,(H,14,15,16,17). The van der Waals surface area contributed by atoms with Crippen LogP contribution in [0, 0.1) is 0 Å². The Morgan fingerprint density at radius 1 is 1.32 bits per heavy atom. The fourth-order valence-corrected chi connectivity index (χ4v) is 2.28. The molecule has 106 valence electrons. The van der Waals surface area contributed by atoms with E-state index in [-0.39, 0.29) is 5.28 Å². The predicted molar refractivity (Wildman–Crippen MR) is 75.7 cm³/mol. The summed E-state index contributed by atoms with van der Waals surface area (Å²) in [5.41, 5.74) is 0. The van der Waals surface area contributed by atoms with Crippen molar-refractivity contribution < 1.29 is 5.11 Å². The molecule has 1 saturated heterocycles. The maximum atomic E-state index is 9.68. The first-order chi connectivity index (χ1) is 9.19. The number of halogens is 1. The molecular formula is C12H20ClN5O. The van der Waals surface area contributed by atoms with E-state index < -0.39 is 6.10 Å². The topological polar surface area (TPSA) is 74.2 Å². The van der Waals surface area contributed by atoms with E-state index in [1.54, 1.807) is 0 Å². The fraction of sp³-hybridized carbons (Fsp3) is 0.750. The molecule has 1 fully saturated rings. The van der Waals surface area contributed by atoms with Crippen molar-refractivity contribution in [1.29, 1.82) is 0 Å². The third-order valence-corrected chi connectivity index (χ3v) is 3.27. The normalized spacial score (nSPS) is 16.7. The third-order valence-electron chi connectivity index (χ3n) is 3.10. The summed E-state index contributed by atoms with van der Waals surface area (Å²) in [6, 6.07) is 0. The van der Waals surface area contributed by atoms with Crippen LogP contribution in [0.5, 0.6) is 0 Å². The van der Waals surface area contributed by atoms with Crippen molar-refractivity contribution in [3.63, 3.8) is 0 Å². The summed E-state index contributed by atoms with van der Waals surface area (Å²) < 4.78 is 0. The lowest BCUT2D eigenvalue weighted by molar-refractivity contribution is 0.176. The van der Waals surface area contributed by atoms with E-state index in [9.17, 15) is 5.11 Å². The summed E-state index contributed by atoms with van der Waals surface area (Å²) in [6.45, 7) is 4.37. The van der Waals surface area contributed by atoms with Gasteiger partial charge in [0.05, 0.1) is 6.10 Å². The zero-order valence-corrected chi connectivity index (χ0v) is 11.9. The first-order valence-corrected chi connectivity index (χ1v) is 7.15. The second kappa shape index (κ2) is 6.86. The van der Waals surface area contributed by atoms with Crippen molar-refractivity contribution in [3.8, 4) is 0 Å². The zero-order chi connectivity index (χ0) is 13.7. The monoisotopic (exact) mass is 285 g/mol. The van der Waals surface area contributed by atoms with Gasteiger partial charge in [0, 0.05) is 19.6 Å². The van der Waals surface area contributed by atoms with E-state index in [1.807, 2.05) is 6.92 Å². The van der Waals surface area contributed by atoms with Crippen LogP contribution in [0.3, 0.4) is 0 Å². The summed E-state index contributed by atoms with van der Waals surface area (Å²) in [7, 11) is 0. The van der Waals surface area contributed by atoms with E-state index in [0.29, 0.717) is 18.4 Å². The first-order valence-electron chi connectivity index (χ1n) is 6.77. The highest BCUT2D eigenvalue weighted by atomic mass is 35.5. The quantitative estimate of drug-likeness (QED) is 0.829. The smallest absolute Gasteiger partial charge is 0.231 e. The molecule has 0 radical (unpaired) electrons. The number of nitrogens with one attached hydrogen (secondary N) is 1. The van der Waals surface area contributed by atoms with Crippen LogP contribution in [-0.2, 0) is 0 Å². The largest absolute Gasteiger partial charge is 0.391 e. The molecule has 1 aliphatic rings. The van der Waals surface area contributed by atoms with Crippen LogP contribution in [0.2, 0.25) is 5.28 Å². The fourth-order valence-electron chi connectivity index (χ4n) is 2.12. The molecule has 1 unspecified atom stereocenters. The van der Waals surface area contributed by atoms with Gasteiger partial charge in [0.1, 0.15) is 0 Å². The van der Waals surface area contributed by atoms with Gasteiger partial charge in [0.2, 0.25) is 17.2 Å². The van der Waals surface area contributed by atoms with Crippen LogP contribution >= 0.6 is 11.6 Å². The molecule has 0 aliphatic carbocycles. The van der Waals surface area contributed by atoms with E-state index in [1.165, 1.54) is 0 Å². The molecule has 1 atom stereocenters. The van der Waals surface area contributed by atoms with Crippen molar-refractivity contribution in [1.82, 2.24) is 15.0 Å². The number of hydrogen-bond acceptors (Lipinski definition) is 6. The van der Waals surface area contributed by atoms with Gasteiger partial charge in [-0.15, -0.1) is 0 Å². The van der Waals surface area contributed by atoms with Gasteiger partial charge < -0.3 is 15.3 Å². The molecule has 1 aromatic heterocycles. The van der Waals surface area contributed by atoms with Gasteiger partial charge >= 0.3 is 0 Å². The maximum Gasteiger partial charge on any atom is 0.231 e. The summed E-state index contributed by atoms with van der Waals surface area (Å²) in [5, 5.41) is 12.9. The highest BCUT2D eigenvalue weighted by Crippen LogP contribution is 2.18. The van der Waals surface area contributed by atoms with Gasteiger partial charge in [-0.3, -0.25) is 0 Å². The molecule has 0 bridgehead atoms. The Morgan fingerprint density at radius 3 is 2.74 bits per heavy atom. The molecule has 1 aliphatic heterocycles. The number of aliphatic hydroxyl groups is 1. The van der Waals surface area contributed by atoms with Crippen LogP contribution in [0.15, 0.2) is 0 Å². The third kappa shape index (κ3) is 4.18. The van der Waals surface area contributed by atoms with E-state index in [4.69, 9.17) is 11.6 Å². The highest BCUT2D eigenvalue weighted by molar-refractivity contribution is 6.28. The molecule has 0 aromatic carbocycles.